The lowest BCUT2D eigenvalue weighted by Crippen LogP contribution is -2.08. The molecule has 1 aliphatic rings. The van der Waals surface area contributed by atoms with E-state index in [1.165, 1.54) is 25.0 Å². The number of halogens is 1. The molecular formula is C19H22FN5O2. The standard InChI is InChI=1S/C19H22FN5O2/c1-12(26)17-7-14(20)5-6-18(17)25-16(9-19(22-25)27-2)8-15-11-24(23-21-15)10-13-3-4-13/h5-7,9,11-13,26H,3-4,8,10H2,1-2H3/t12-/m1/s1. The third kappa shape index (κ3) is 3.85. The molecule has 0 saturated heterocycles. The molecule has 1 fully saturated rings. The molecule has 0 radical (unpaired) electrons. The topological polar surface area (TPSA) is 78.0 Å². The third-order valence-corrected chi connectivity index (χ3v) is 4.73. The van der Waals surface area contributed by atoms with Crippen LogP contribution >= 0.6 is 0 Å². The van der Waals surface area contributed by atoms with Crippen molar-refractivity contribution >= 4 is 0 Å². The van der Waals surface area contributed by atoms with E-state index in [2.05, 4.69) is 15.4 Å². The van der Waals surface area contributed by atoms with Crippen molar-refractivity contribution in [2.24, 2.45) is 5.92 Å². The van der Waals surface area contributed by atoms with E-state index in [0.717, 1.165) is 23.9 Å². The number of aliphatic hydroxyl groups is 1. The minimum Gasteiger partial charge on any atom is -0.480 e. The molecule has 7 nitrogen and oxygen atoms in total. The van der Waals surface area contributed by atoms with E-state index in [1.807, 2.05) is 16.9 Å². The lowest BCUT2D eigenvalue weighted by atomic mass is 10.1. The summed E-state index contributed by atoms with van der Waals surface area (Å²) in [6.45, 7) is 2.50. The number of benzene rings is 1. The third-order valence-electron chi connectivity index (χ3n) is 4.73. The first kappa shape index (κ1) is 17.7. The van der Waals surface area contributed by atoms with E-state index in [4.69, 9.17) is 4.74 Å². The highest BCUT2D eigenvalue weighted by atomic mass is 19.1. The van der Waals surface area contributed by atoms with Crippen LogP contribution in [-0.2, 0) is 13.0 Å². The van der Waals surface area contributed by atoms with Crippen LogP contribution in [-0.4, -0.2) is 37.0 Å². The van der Waals surface area contributed by atoms with Gasteiger partial charge in [0.15, 0.2) is 0 Å². The zero-order valence-electron chi connectivity index (χ0n) is 15.3. The van der Waals surface area contributed by atoms with Gasteiger partial charge in [-0.25, -0.2) is 9.07 Å². The summed E-state index contributed by atoms with van der Waals surface area (Å²) < 4.78 is 22.5. The van der Waals surface area contributed by atoms with Crippen molar-refractivity contribution in [1.29, 1.82) is 0 Å². The average Bonchev–Trinajstić information content (AvgIpc) is 3.20. The molecule has 8 heteroatoms. The number of aromatic nitrogens is 5. The molecule has 2 heterocycles. The fourth-order valence-corrected chi connectivity index (χ4v) is 3.14. The summed E-state index contributed by atoms with van der Waals surface area (Å²) in [5, 5.41) is 23.0. The Morgan fingerprint density at radius 1 is 1.33 bits per heavy atom. The smallest absolute Gasteiger partial charge is 0.233 e. The molecule has 0 spiro atoms. The first-order valence-electron chi connectivity index (χ1n) is 9.03. The van der Waals surface area contributed by atoms with Crippen LogP contribution < -0.4 is 4.74 Å². The lowest BCUT2D eigenvalue weighted by Gasteiger charge is -2.14. The van der Waals surface area contributed by atoms with E-state index < -0.39 is 11.9 Å². The molecule has 3 aromatic rings. The number of ether oxygens (including phenoxy) is 1. The second-order valence-corrected chi connectivity index (χ2v) is 7.02. The van der Waals surface area contributed by atoms with Gasteiger partial charge in [-0.05, 0) is 43.9 Å². The van der Waals surface area contributed by atoms with Gasteiger partial charge in [-0.3, -0.25) is 4.68 Å². The van der Waals surface area contributed by atoms with Gasteiger partial charge in [-0.15, -0.1) is 10.2 Å². The molecule has 0 bridgehead atoms. The Kier molecular flexibility index (Phi) is 4.65. The van der Waals surface area contributed by atoms with Crippen LogP contribution in [0.25, 0.3) is 5.69 Å². The van der Waals surface area contributed by atoms with Crippen molar-refractivity contribution in [2.45, 2.75) is 38.8 Å². The number of nitrogens with zero attached hydrogens (tertiary/aromatic N) is 5. The number of aliphatic hydroxyl groups excluding tert-OH is 1. The maximum atomic E-state index is 13.7. The van der Waals surface area contributed by atoms with E-state index in [9.17, 15) is 9.50 Å². The Morgan fingerprint density at radius 2 is 2.15 bits per heavy atom. The van der Waals surface area contributed by atoms with Crippen molar-refractivity contribution in [3.8, 4) is 11.6 Å². The Balaban J connectivity index is 1.68. The maximum absolute atomic E-state index is 13.7. The lowest BCUT2D eigenvalue weighted by molar-refractivity contribution is 0.198. The normalized spacial score (nSPS) is 15.1. The van der Waals surface area contributed by atoms with Gasteiger partial charge in [0.05, 0.1) is 30.3 Å². The molecule has 1 N–H and O–H groups in total. The quantitative estimate of drug-likeness (QED) is 0.691. The van der Waals surface area contributed by atoms with E-state index in [0.29, 0.717) is 23.6 Å². The highest BCUT2D eigenvalue weighted by Gasteiger charge is 2.23. The number of hydrogen-bond acceptors (Lipinski definition) is 5. The molecule has 1 atom stereocenters. The molecule has 1 aromatic carbocycles. The fourth-order valence-electron chi connectivity index (χ4n) is 3.14. The minimum atomic E-state index is -0.835. The van der Waals surface area contributed by atoms with Crippen LogP contribution in [0.1, 0.15) is 42.8 Å². The SMILES string of the molecule is COc1cc(Cc2cn(CC3CC3)nn2)n(-c2ccc(F)cc2[C@@H](C)O)n1. The Morgan fingerprint density at radius 3 is 2.85 bits per heavy atom. The molecule has 0 aliphatic heterocycles. The molecule has 1 saturated carbocycles. The predicted molar refractivity (Wildman–Crippen MR) is 96.3 cm³/mol. The van der Waals surface area contributed by atoms with Crippen molar-refractivity contribution in [1.82, 2.24) is 24.8 Å². The van der Waals surface area contributed by atoms with Gasteiger partial charge in [0.25, 0.3) is 0 Å². The largest absolute Gasteiger partial charge is 0.480 e. The van der Waals surface area contributed by atoms with Crippen molar-refractivity contribution in [3.63, 3.8) is 0 Å². The molecule has 27 heavy (non-hydrogen) atoms. The van der Waals surface area contributed by atoms with Crippen molar-refractivity contribution in [3.05, 3.63) is 53.2 Å². The van der Waals surface area contributed by atoms with Gasteiger partial charge in [-0.1, -0.05) is 5.21 Å². The fraction of sp³-hybridized carbons (Fsp3) is 0.421. The molecule has 1 aliphatic carbocycles. The van der Waals surface area contributed by atoms with Crippen LogP contribution in [0, 0.1) is 11.7 Å². The molecule has 0 unspecified atom stereocenters. The van der Waals surface area contributed by atoms with E-state index in [-0.39, 0.29) is 0 Å². The van der Waals surface area contributed by atoms with Gasteiger partial charge in [0, 0.05) is 30.8 Å². The van der Waals surface area contributed by atoms with Gasteiger partial charge >= 0.3 is 0 Å². The van der Waals surface area contributed by atoms with Gasteiger partial charge in [-0.2, -0.15) is 0 Å². The van der Waals surface area contributed by atoms with Crippen LogP contribution in [0.3, 0.4) is 0 Å². The van der Waals surface area contributed by atoms with Gasteiger partial charge in [0.2, 0.25) is 5.88 Å². The second-order valence-electron chi connectivity index (χ2n) is 7.02. The molecule has 4 rings (SSSR count). The first-order chi connectivity index (χ1) is 13.0. The first-order valence-corrected chi connectivity index (χ1v) is 9.03. The second kappa shape index (κ2) is 7.11. The highest BCUT2D eigenvalue weighted by molar-refractivity contribution is 5.44. The molecular weight excluding hydrogens is 349 g/mol. The summed E-state index contributed by atoms with van der Waals surface area (Å²) in [5.41, 5.74) is 2.70. The minimum absolute atomic E-state index is 0.404. The Labute approximate surface area is 156 Å². The number of rotatable bonds is 7. The monoisotopic (exact) mass is 371 g/mol. The Hall–Kier alpha value is -2.74. The zero-order valence-corrected chi connectivity index (χ0v) is 15.3. The molecule has 142 valence electrons. The average molecular weight is 371 g/mol. The van der Waals surface area contributed by atoms with E-state index >= 15 is 0 Å². The van der Waals surface area contributed by atoms with Crippen LogP contribution in [0.2, 0.25) is 0 Å². The summed E-state index contributed by atoms with van der Waals surface area (Å²) in [5.74, 6) is 0.757. The van der Waals surface area contributed by atoms with Crippen LogP contribution in [0.4, 0.5) is 4.39 Å². The zero-order chi connectivity index (χ0) is 19.0. The molecule has 0 amide bonds. The van der Waals surface area contributed by atoms with Gasteiger partial charge in [0.1, 0.15) is 5.82 Å². The van der Waals surface area contributed by atoms with E-state index in [1.54, 1.807) is 24.8 Å². The summed E-state index contributed by atoms with van der Waals surface area (Å²) in [4.78, 5) is 0. The number of methoxy groups -OCH3 is 1. The van der Waals surface area contributed by atoms with Crippen LogP contribution in [0.15, 0.2) is 30.5 Å². The summed E-state index contributed by atoms with van der Waals surface area (Å²) in [6, 6.07) is 6.10. The summed E-state index contributed by atoms with van der Waals surface area (Å²) >= 11 is 0. The number of hydrogen-bond donors (Lipinski definition) is 1. The maximum Gasteiger partial charge on any atom is 0.233 e. The van der Waals surface area contributed by atoms with Crippen molar-refractivity contribution < 1.29 is 14.2 Å². The van der Waals surface area contributed by atoms with Crippen molar-refractivity contribution in [2.75, 3.05) is 7.11 Å². The summed E-state index contributed by atoms with van der Waals surface area (Å²) in [6.07, 6.45) is 4.12. The summed E-state index contributed by atoms with van der Waals surface area (Å²) in [7, 11) is 1.54. The highest BCUT2D eigenvalue weighted by Crippen LogP contribution is 2.30. The Bertz CT molecular complexity index is 945. The van der Waals surface area contributed by atoms with Crippen LogP contribution in [0.5, 0.6) is 5.88 Å². The predicted octanol–water partition coefficient (Wildman–Crippen LogP) is 2.67. The molecule has 2 aromatic heterocycles. The van der Waals surface area contributed by atoms with Gasteiger partial charge < -0.3 is 9.84 Å².